The van der Waals surface area contributed by atoms with E-state index in [1.54, 1.807) is 36.7 Å². The molecule has 1 aliphatic heterocycles. The second-order valence-corrected chi connectivity index (χ2v) is 13.3. The summed E-state index contributed by atoms with van der Waals surface area (Å²) >= 11 is 0. The maximum absolute atomic E-state index is 14.3. The molecular formula is C48H44N6O4+2. The van der Waals surface area contributed by atoms with Crippen LogP contribution in [0, 0.1) is 0 Å². The van der Waals surface area contributed by atoms with E-state index in [-0.39, 0.29) is 11.6 Å². The van der Waals surface area contributed by atoms with E-state index in [9.17, 15) is 9.59 Å². The van der Waals surface area contributed by atoms with E-state index in [0.717, 1.165) is 25.9 Å². The summed E-state index contributed by atoms with van der Waals surface area (Å²) < 4.78 is 16.5. The highest BCUT2D eigenvalue weighted by Gasteiger charge is 2.19. The van der Waals surface area contributed by atoms with Gasteiger partial charge in [-0.25, -0.2) is 9.13 Å². The van der Waals surface area contributed by atoms with Gasteiger partial charge in [0.2, 0.25) is 0 Å². The number of benzene rings is 4. The van der Waals surface area contributed by atoms with Gasteiger partial charge in [-0.2, -0.15) is 0 Å². The lowest BCUT2D eigenvalue weighted by Gasteiger charge is -2.13. The molecule has 0 saturated carbocycles. The van der Waals surface area contributed by atoms with E-state index >= 15 is 0 Å². The Bertz CT molecular complexity index is 2290. The van der Waals surface area contributed by atoms with E-state index < -0.39 is 0 Å². The molecule has 1 aliphatic rings. The molecule has 0 atom stereocenters. The lowest BCUT2D eigenvalue weighted by Crippen LogP contribution is -2.33. The zero-order chi connectivity index (χ0) is 39.8. The van der Waals surface area contributed by atoms with Crippen LogP contribution in [0.25, 0.3) is 0 Å². The normalized spacial score (nSPS) is 14.1. The van der Waals surface area contributed by atoms with Gasteiger partial charge < -0.3 is 20.1 Å². The van der Waals surface area contributed by atoms with Gasteiger partial charge in [-0.05, 0) is 48.5 Å². The van der Waals surface area contributed by atoms with Crippen LogP contribution in [0.5, 0.6) is 11.5 Å². The summed E-state index contributed by atoms with van der Waals surface area (Å²) in [5, 5.41) is 6.57. The first kappa shape index (κ1) is 38.8. The quantitative estimate of drug-likeness (QED) is 0.0653. The number of Topliss-reactive ketones (excluding diaryl/α,β-unsaturated/α-hetero) is 2. The van der Waals surface area contributed by atoms with Crippen molar-refractivity contribution in [3.05, 3.63) is 193 Å². The van der Waals surface area contributed by atoms with Gasteiger partial charge in [0, 0.05) is 61.9 Å². The predicted octanol–water partition coefficient (Wildman–Crippen LogP) is 8.68. The van der Waals surface area contributed by atoms with E-state index in [0.29, 0.717) is 69.7 Å². The van der Waals surface area contributed by atoms with Crippen molar-refractivity contribution in [2.24, 2.45) is 9.98 Å². The average Bonchev–Trinajstić information content (AvgIpc) is 3.28. The third-order valence-electron chi connectivity index (χ3n) is 9.24. The number of para-hydroxylation sites is 6. The molecule has 7 rings (SSSR count). The number of rotatable bonds is 14. The van der Waals surface area contributed by atoms with E-state index in [1.165, 1.54) is 12.4 Å². The molecule has 0 spiro atoms. The molecule has 4 aromatic carbocycles. The van der Waals surface area contributed by atoms with Crippen molar-refractivity contribution < 1.29 is 28.2 Å². The van der Waals surface area contributed by atoms with Crippen molar-refractivity contribution in [1.29, 1.82) is 0 Å². The first-order valence-corrected chi connectivity index (χ1v) is 19.2. The van der Waals surface area contributed by atoms with Crippen molar-refractivity contribution in [3.8, 4) is 11.5 Å². The molecule has 0 radical (unpaired) electrons. The van der Waals surface area contributed by atoms with Crippen LogP contribution in [0.3, 0.4) is 0 Å². The van der Waals surface area contributed by atoms with E-state index in [1.807, 2.05) is 134 Å². The van der Waals surface area contributed by atoms with Crippen LogP contribution in [0.15, 0.2) is 192 Å². The average molecular weight is 769 g/mol. The van der Waals surface area contributed by atoms with Crippen LogP contribution in [0.4, 0.5) is 22.7 Å². The van der Waals surface area contributed by atoms with Crippen molar-refractivity contribution in [2.45, 2.75) is 25.9 Å². The van der Waals surface area contributed by atoms with Crippen molar-refractivity contribution in [3.63, 3.8) is 0 Å². The first-order valence-electron chi connectivity index (χ1n) is 19.2. The molecule has 10 heteroatoms. The molecule has 288 valence electrons. The van der Waals surface area contributed by atoms with Gasteiger partial charge in [0.15, 0.2) is 49.4 Å². The topological polar surface area (TPSA) is 109 Å². The third kappa shape index (κ3) is 10.4. The van der Waals surface area contributed by atoms with Crippen molar-refractivity contribution >= 4 is 46.7 Å². The van der Waals surface area contributed by atoms with Crippen molar-refractivity contribution in [1.82, 2.24) is 0 Å². The van der Waals surface area contributed by atoms with Crippen LogP contribution < -0.4 is 29.2 Å². The number of hydrogen-bond acceptors (Lipinski definition) is 8. The zero-order valence-electron chi connectivity index (χ0n) is 32.0. The van der Waals surface area contributed by atoms with Gasteiger partial charge in [0.05, 0.1) is 58.2 Å². The number of nitrogens with zero attached hydrogens (tertiary/aromatic N) is 4. The Morgan fingerprint density at radius 2 is 0.879 bits per heavy atom. The Morgan fingerprint density at radius 1 is 0.483 bits per heavy atom. The lowest BCUT2D eigenvalue weighted by atomic mass is 10.0. The molecule has 58 heavy (non-hydrogen) atoms. The summed E-state index contributed by atoms with van der Waals surface area (Å²) in [6.45, 7) is 2.45. The van der Waals surface area contributed by atoms with Gasteiger partial charge in [-0.1, -0.05) is 60.7 Å². The molecular weight excluding hydrogens is 725 g/mol. The van der Waals surface area contributed by atoms with E-state index in [4.69, 9.17) is 19.5 Å². The van der Waals surface area contributed by atoms with Crippen LogP contribution in [-0.4, -0.2) is 37.2 Å². The SMILES string of the molecule is O=C(/C1=C/Nc2ccccc2N=C/C(C(=O)c2ccccc2OCCC[n+]2ccccc2)=C\Nc2ccccc2N=C1)c1ccccc1OCCC[n+]1ccccc1. The van der Waals surface area contributed by atoms with Gasteiger partial charge in [-0.15, -0.1) is 0 Å². The number of pyridine rings is 2. The minimum Gasteiger partial charge on any atom is -0.493 e. The minimum atomic E-state index is -0.268. The van der Waals surface area contributed by atoms with Gasteiger partial charge in [0.25, 0.3) is 0 Å². The maximum atomic E-state index is 14.3. The largest absolute Gasteiger partial charge is 0.493 e. The number of aromatic nitrogens is 2. The summed E-state index contributed by atoms with van der Waals surface area (Å²) in [5.41, 5.74) is 3.79. The summed E-state index contributed by atoms with van der Waals surface area (Å²) in [6, 6.07) is 41.2. The Morgan fingerprint density at radius 3 is 1.33 bits per heavy atom. The number of ether oxygens (including phenoxy) is 2. The van der Waals surface area contributed by atoms with Gasteiger partial charge in [0.1, 0.15) is 11.5 Å². The fourth-order valence-corrected chi connectivity index (χ4v) is 6.23. The molecule has 2 N–H and O–H groups in total. The van der Waals surface area contributed by atoms with Crippen LogP contribution in [-0.2, 0) is 13.1 Å². The number of allylic oxidation sites excluding steroid dienone is 2. The summed E-state index contributed by atoms with van der Waals surface area (Å²) in [4.78, 5) is 38.1. The Kier molecular flexibility index (Phi) is 13.3. The third-order valence-corrected chi connectivity index (χ3v) is 9.24. The Labute approximate surface area is 338 Å². The monoisotopic (exact) mass is 768 g/mol. The molecule has 0 fully saturated rings. The molecule has 10 nitrogen and oxygen atoms in total. The molecule has 0 bridgehead atoms. The highest BCUT2D eigenvalue weighted by molar-refractivity contribution is 6.23. The number of carbonyl (C=O) groups excluding carboxylic acids is 2. The van der Waals surface area contributed by atoms with Gasteiger partial charge in [-0.3, -0.25) is 19.6 Å². The second-order valence-electron chi connectivity index (χ2n) is 13.3. The number of carbonyl (C=O) groups is 2. The number of aryl methyl sites for hydroxylation is 2. The van der Waals surface area contributed by atoms with Crippen LogP contribution in [0.1, 0.15) is 33.6 Å². The van der Waals surface area contributed by atoms with Crippen molar-refractivity contribution in [2.75, 3.05) is 23.8 Å². The van der Waals surface area contributed by atoms with Crippen LogP contribution in [0.2, 0.25) is 0 Å². The standard InChI is InChI=1S/C48H42N6O4/c55-47(39-17-3-9-23-45(39)57-31-15-29-53-25-11-1-12-26-53)37-33-49-41-19-5-7-21-43(41)51-35-38(36-52-44-22-8-6-20-42(44)50-34-37)48(56)40-18-4-10-24-46(40)58-32-16-30-54-27-13-2-14-28-54/h1-14,17-28,33-36H,15-16,29-32H2/p+2. The highest BCUT2D eigenvalue weighted by atomic mass is 16.5. The molecule has 2 aromatic heterocycles. The number of aliphatic imine (C=N–C) groups is 2. The lowest BCUT2D eigenvalue weighted by molar-refractivity contribution is -0.697. The van der Waals surface area contributed by atoms with E-state index in [2.05, 4.69) is 19.8 Å². The number of ketones is 2. The Balaban J connectivity index is 1.14. The summed E-state index contributed by atoms with van der Waals surface area (Å²) in [5.74, 6) is 0.448. The fourth-order valence-electron chi connectivity index (χ4n) is 6.23. The second kappa shape index (κ2) is 19.9. The molecule has 0 unspecified atom stereocenters. The molecule has 6 aromatic rings. The number of nitrogens with one attached hydrogen (secondary N) is 2. The summed E-state index contributed by atoms with van der Waals surface area (Å²) in [7, 11) is 0. The predicted molar refractivity (Wildman–Crippen MR) is 228 cm³/mol. The number of hydrogen-bond donors (Lipinski definition) is 2. The molecule has 0 saturated heterocycles. The van der Waals surface area contributed by atoms with Crippen LogP contribution >= 0.6 is 0 Å². The highest BCUT2D eigenvalue weighted by Crippen LogP contribution is 2.29. The molecule has 3 heterocycles. The van der Waals surface area contributed by atoms with Gasteiger partial charge >= 0.3 is 0 Å². The molecule has 0 aliphatic carbocycles. The molecule has 0 amide bonds. The first-order chi connectivity index (χ1) is 28.6. The number of anilines is 2. The number of fused-ring (bicyclic) bond motifs is 2. The fraction of sp³-hybridized carbons (Fsp3) is 0.125. The zero-order valence-corrected chi connectivity index (χ0v) is 32.0. The smallest absolute Gasteiger partial charge is 0.199 e. The maximum Gasteiger partial charge on any atom is 0.199 e. The summed E-state index contributed by atoms with van der Waals surface area (Å²) in [6.07, 6.45) is 15.9. The Hall–Kier alpha value is -7.46. The minimum absolute atomic E-state index is 0.268.